The van der Waals surface area contributed by atoms with Crippen molar-refractivity contribution in [1.82, 2.24) is 15.1 Å². The molecule has 4 fully saturated rings. The van der Waals surface area contributed by atoms with Crippen LogP contribution in [0.3, 0.4) is 0 Å². The molecule has 4 aliphatic rings. The fourth-order valence-corrected chi connectivity index (χ4v) is 6.60. The number of alkyl halides is 3. The van der Waals surface area contributed by atoms with Crippen LogP contribution < -0.4 is 4.74 Å². The molecule has 0 N–H and O–H groups in total. The van der Waals surface area contributed by atoms with E-state index in [0.717, 1.165) is 55.9 Å². The highest BCUT2D eigenvalue weighted by molar-refractivity contribution is 6.39. The van der Waals surface area contributed by atoms with Gasteiger partial charge in [-0.1, -0.05) is 40.5 Å². The van der Waals surface area contributed by atoms with Crippen LogP contribution in [0.2, 0.25) is 10.0 Å². The van der Waals surface area contributed by atoms with Gasteiger partial charge in [-0.05, 0) is 62.8 Å². The number of aromatic nitrogens is 3. The number of pyridine rings is 2. The molecule has 0 radical (unpaired) electrons. The van der Waals surface area contributed by atoms with Crippen molar-refractivity contribution in [3.63, 3.8) is 0 Å². The zero-order valence-corrected chi connectivity index (χ0v) is 23.9. The lowest BCUT2D eigenvalue weighted by Crippen LogP contribution is -2.53. The molecule has 2 bridgehead atoms. The Hall–Kier alpha value is -3.14. The van der Waals surface area contributed by atoms with Crippen LogP contribution in [0.15, 0.2) is 53.5 Å². The first-order valence-electron chi connectivity index (χ1n) is 13.9. The van der Waals surface area contributed by atoms with Crippen molar-refractivity contribution in [3.8, 4) is 17.0 Å². The first kappa shape index (κ1) is 27.7. The zero-order valence-electron chi connectivity index (χ0n) is 22.4. The second-order valence-electron chi connectivity index (χ2n) is 11.6. The summed E-state index contributed by atoms with van der Waals surface area (Å²) < 4.78 is 58.8. The standard InChI is InChI=1S/C31H26Cl2F3N3O3/c32-23-14-37-15-24(33)26(23)27-20(28(42-39-27)18-1-2-18)5-7-29-8-10-30(11-9-29,41-16-29)17-40-19-3-4-25-21(13-19)22(6-12-38-25)31(34,35)36/h3-7,12-15,18H,1-2,8-11,16-17H2. The van der Waals surface area contributed by atoms with Crippen molar-refractivity contribution in [1.29, 1.82) is 0 Å². The minimum atomic E-state index is -4.48. The molecule has 1 aromatic carbocycles. The van der Waals surface area contributed by atoms with E-state index in [0.29, 0.717) is 39.6 Å². The molecule has 11 heteroatoms. The highest BCUT2D eigenvalue weighted by atomic mass is 35.5. The van der Waals surface area contributed by atoms with Crippen LogP contribution in [0.1, 0.15) is 61.3 Å². The molecule has 2 saturated carbocycles. The Morgan fingerprint density at radius 2 is 1.81 bits per heavy atom. The summed E-state index contributed by atoms with van der Waals surface area (Å²) in [6.45, 7) is 0.781. The van der Waals surface area contributed by atoms with Crippen molar-refractivity contribution < 1.29 is 27.2 Å². The van der Waals surface area contributed by atoms with Gasteiger partial charge in [0.05, 0.1) is 27.7 Å². The van der Waals surface area contributed by atoms with E-state index in [4.69, 9.17) is 37.2 Å². The Morgan fingerprint density at radius 3 is 2.48 bits per heavy atom. The third-order valence-electron chi connectivity index (χ3n) is 8.74. The Morgan fingerprint density at radius 1 is 1.05 bits per heavy atom. The normalized spacial score (nSPS) is 24.1. The highest BCUT2D eigenvalue weighted by Crippen LogP contribution is 2.51. The Labute approximate surface area is 249 Å². The molecule has 0 spiro atoms. The lowest BCUT2D eigenvalue weighted by molar-refractivity contribution is -0.181. The molecule has 0 unspecified atom stereocenters. The molecule has 3 aromatic heterocycles. The predicted octanol–water partition coefficient (Wildman–Crippen LogP) is 8.91. The number of ether oxygens (including phenoxy) is 2. The average molecular weight is 616 g/mol. The smallest absolute Gasteiger partial charge is 0.417 e. The number of hydrogen-bond donors (Lipinski definition) is 0. The average Bonchev–Trinajstić information content (AvgIpc) is 3.75. The SMILES string of the molecule is FC(F)(F)c1ccnc2ccc(OCC34CCC(C=Cc5c(-c6c(Cl)cncc6Cl)noc5C5CC5)(CC3)CO4)cc12. The Kier molecular flexibility index (Phi) is 6.75. The summed E-state index contributed by atoms with van der Waals surface area (Å²) in [5.41, 5.74) is 1.01. The summed E-state index contributed by atoms with van der Waals surface area (Å²) in [4.78, 5) is 8.12. The summed E-state index contributed by atoms with van der Waals surface area (Å²) >= 11 is 12.9. The van der Waals surface area contributed by atoms with Crippen molar-refractivity contribution in [2.75, 3.05) is 13.2 Å². The van der Waals surface area contributed by atoms with Gasteiger partial charge in [-0.25, -0.2) is 0 Å². The van der Waals surface area contributed by atoms with Gasteiger partial charge in [0.15, 0.2) is 0 Å². The zero-order chi connectivity index (χ0) is 29.1. The van der Waals surface area contributed by atoms with Gasteiger partial charge in [-0.15, -0.1) is 0 Å². The van der Waals surface area contributed by atoms with Crippen molar-refractivity contribution in [2.24, 2.45) is 5.41 Å². The second kappa shape index (κ2) is 10.2. The van der Waals surface area contributed by atoms with E-state index in [1.54, 1.807) is 24.5 Å². The first-order chi connectivity index (χ1) is 20.2. The number of hydrogen-bond acceptors (Lipinski definition) is 6. The van der Waals surface area contributed by atoms with Gasteiger partial charge in [-0.3, -0.25) is 9.97 Å². The van der Waals surface area contributed by atoms with E-state index in [1.165, 1.54) is 12.3 Å². The summed E-state index contributed by atoms with van der Waals surface area (Å²) in [5.74, 6) is 1.54. The van der Waals surface area contributed by atoms with Crippen LogP contribution in [0, 0.1) is 5.41 Å². The maximum atomic E-state index is 13.5. The molecular formula is C31H26Cl2F3N3O3. The molecule has 2 aliphatic carbocycles. The quantitative estimate of drug-likeness (QED) is 0.207. The number of nitrogens with zero attached hydrogens (tertiary/aromatic N) is 3. The molecule has 5 heterocycles. The van der Waals surface area contributed by atoms with Crippen LogP contribution in [0.25, 0.3) is 28.2 Å². The second-order valence-corrected chi connectivity index (χ2v) is 12.4. The van der Waals surface area contributed by atoms with E-state index in [9.17, 15) is 13.2 Å². The highest BCUT2D eigenvalue weighted by Gasteiger charge is 2.49. The summed E-state index contributed by atoms with van der Waals surface area (Å²) in [6, 6.07) is 5.60. The van der Waals surface area contributed by atoms with Crippen molar-refractivity contribution in [2.45, 2.75) is 56.2 Å². The number of benzene rings is 1. The maximum absolute atomic E-state index is 13.5. The van der Waals surface area contributed by atoms with Crippen molar-refractivity contribution in [3.05, 3.63) is 75.9 Å². The van der Waals surface area contributed by atoms with Crippen LogP contribution in [0.5, 0.6) is 5.75 Å². The lowest BCUT2D eigenvalue weighted by Gasteiger charge is -2.51. The van der Waals surface area contributed by atoms with Gasteiger partial charge in [0.25, 0.3) is 0 Å². The van der Waals surface area contributed by atoms with Crippen LogP contribution in [-0.2, 0) is 10.9 Å². The molecule has 6 nitrogen and oxygen atoms in total. The molecule has 0 amide bonds. The molecule has 2 aliphatic heterocycles. The topological polar surface area (TPSA) is 70.3 Å². The van der Waals surface area contributed by atoms with Gasteiger partial charge >= 0.3 is 6.18 Å². The lowest BCUT2D eigenvalue weighted by atomic mass is 9.66. The predicted molar refractivity (Wildman–Crippen MR) is 153 cm³/mol. The molecule has 4 aromatic rings. The van der Waals surface area contributed by atoms with Gasteiger partial charge in [-0.2, -0.15) is 13.2 Å². The molecule has 0 atom stereocenters. The maximum Gasteiger partial charge on any atom is 0.417 e. The summed E-state index contributed by atoms with van der Waals surface area (Å²) in [5, 5.41) is 5.19. The van der Waals surface area contributed by atoms with E-state index in [1.807, 2.05) is 0 Å². The van der Waals surface area contributed by atoms with Crippen LogP contribution in [-0.4, -0.2) is 33.9 Å². The molecular weight excluding hydrogens is 590 g/mol. The monoisotopic (exact) mass is 615 g/mol. The fourth-order valence-electron chi connectivity index (χ4n) is 6.06. The van der Waals surface area contributed by atoms with Gasteiger partial charge in [0, 0.05) is 46.4 Å². The van der Waals surface area contributed by atoms with E-state index in [-0.39, 0.29) is 22.9 Å². The van der Waals surface area contributed by atoms with Gasteiger partial charge < -0.3 is 14.0 Å². The summed E-state index contributed by atoms with van der Waals surface area (Å²) in [6.07, 6.45) is 9.49. The van der Waals surface area contributed by atoms with Crippen molar-refractivity contribution >= 4 is 40.2 Å². The number of rotatable bonds is 7. The van der Waals surface area contributed by atoms with E-state index in [2.05, 4.69) is 27.3 Å². The van der Waals surface area contributed by atoms with Gasteiger partial charge in [0.1, 0.15) is 29.4 Å². The summed E-state index contributed by atoms with van der Waals surface area (Å²) in [7, 11) is 0. The molecule has 42 heavy (non-hydrogen) atoms. The first-order valence-corrected chi connectivity index (χ1v) is 14.6. The number of halogens is 5. The van der Waals surface area contributed by atoms with Gasteiger partial charge in [0.2, 0.25) is 0 Å². The fraction of sp³-hybridized carbons (Fsp3) is 0.387. The van der Waals surface area contributed by atoms with Crippen LogP contribution in [0.4, 0.5) is 13.2 Å². The third-order valence-corrected chi connectivity index (χ3v) is 9.31. The molecule has 8 rings (SSSR count). The minimum absolute atomic E-state index is 0.0189. The van der Waals surface area contributed by atoms with E-state index < -0.39 is 17.3 Å². The Balaban J connectivity index is 1.08. The largest absolute Gasteiger partial charge is 0.491 e. The van der Waals surface area contributed by atoms with E-state index >= 15 is 0 Å². The number of fused-ring (bicyclic) bond motifs is 4. The molecule has 2 saturated heterocycles. The Bertz CT molecular complexity index is 1660. The molecule has 218 valence electrons. The van der Waals surface area contributed by atoms with Crippen LogP contribution >= 0.6 is 23.2 Å². The third kappa shape index (κ3) is 5.05. The minimum Gasteiger partial charge on any atom is -0.491 e.